The summed E-state index contributed by atoms with van der Waals surface area (Å²) in [6.45, 7) is 6.55. The summed E-state index contributed by atoms with van der Waals surface area (Å²) in [5.74, 6) is 0.268. The van der Waals surface area contributed by atoms with Crippen molar-refractivity contribution in [2.75, 3.05) is 31.1 Å². The van der Waals surface area contributed by atoms with E-state index in [0.29, 0.717) is 6.04 Å². The van der Waals surface area contributed by atoms with Crippen LogP contribution in [-0.4, -0.2) is 37.1 Å². The van der Waals surface area contributed by atoms with Gasteiger partial charge in [0.25, 0.3) is 0 Å². The van der Waals surface area contributed by atoms with Crippen molar-refractivity contribution < 1.29 is 0 Å². The molecule has 2 aliphatic rings. The molecule has 1 aromatic rings. The Labute approximate surface area is 121 Å². The Morgan fingerprint density at radius 2 is 1.95 bits per heavy atom. The predicted octanol–water partition coefficient (Wildman–Crippen LogP) is 2.81. The summed E-state index contributed by atoms with van der Waals surface area (Å²) in [7, 11) is 0. The molecule has 0 aliphatic carbocycles. The van der Waals surface area contributed by atoms with Crippen LogP contribution in [0.4, 0.5) is 5.69 Å². The van der Waals surface area contributed by atoms with Gasteiger partial charge < -0.3 is 4.90 Å². The zero-order valence-corrected chi connectivity index (χ0v) is 12.3. The molecule has 2 saturated heterocycles. The molecule has 2 heterocycles. The van der Waals surface area contributed by atoms with Crippen LogP contribution in [-0.2, 0) is 0 Å². The van der Waals surface area contributed by atoms with Crippen LogP contribution in [0.1, 0.15) is 24.8 Å². The quantitative estimate of drug-likeness (QED) is 0.827. The molecule has 2 aliphatic heterocycles. The van der Waals surface area contributed by atoms with Gasteiger partial charge in [-0.15, -0.1) is 0 Å². The second-order valence-corrected chi connectivity index (χ2v) is 6.17. The molecule has 1 unspecified atom stereocenters. The Morgan fingerprint density at radius 1 is 1.15 bits per heavy atom. The Balaban J connectivity index is 1.56. The van der Waals surface area contributed by atoms with Crippen molar-refractivity contribution in [2.45, 2.75) is 32.2 Å². The lowest BCUT2D eigenvalue weighted by atomic mass is 10.0. The van der Waals surface area contributed by atoms with Crippen LogP contribution in [0.25, 0.3) is 0 Å². The van der Waals surface area contributed by atoms with Crippen molar-refractivity contribution in [1.29, 1.82) is 5.26 Å². The Morgan fingerprint density at radius 3 is 2.60 bits per heavy atom. The SMILES string of the molecule is Cc1cccc(N2CCC(N3CCC(C#N)C3)CC2)c1. The van der Waals surface area contributed by atoms with Gasteiger partial charge in [-0.25, -0.2) is 0 Å². The number of nitrogens with zero attached hydrogens (tertiary/aromatic N) is 3. The number of benzene rings is 1. The number of hydrogen-bond acceptors (Lipinski definition) is 3. The van der Waals surface area contributed by atoms with E-state index in [2.05, 4.69) is 47.1 Å². The smallest absolute Gasteiger partial charge is 0.0669 e. The van der Waals surface area contributed by atoms with E-state index in [1.807, 2.05) is 0 Å². The van der Waals surface area contributed by atoms with Gasteiger partial charge in [-0.3, -0.25) is 4.90 Å². The van der Waals surface area contributed by atoms with Crippen molar-refractivity contribution in [2.24, 2.45) is 5.92 Å². The highest BCUT2D eigenvalue weighted by Crippen LogP contribution is 2.26. The largest absolute Gasteiger partial charge is 0.371 e. The van der Waals surface area contributed by atoms with E-state index in [1.165, 1.54) is 24.1 Å². The van der Waals surface area contributed by atoms with Crippen molar-refractivity contribution in [3.8, 4) is 6.07 Å². The molecule has 1 atom stereocenters. The van der Waals surface area contributed by atoms with Gasteiger partial charge in [0.1, 0.15) is 0 Å². The van der Waals surface area contributed by atoms with Gasteiger partial charge in [0.15, 0.2) is 0 Å². The van der Waals surface area contributed by atoms with Gasteiger partial charge in [-0.2, -0.15) is 5.26 Å². The van der Waals surface area contributed by atoms with Crippen molar-refractivity contribution in [1.82, 2.24) is 4.90 Å². The summed E-state index contributed by atoms with van der Waals surface area (Å²) in [4.78, 5) is 5.04. The van der Waals surface area contributed by atoms with Crippen LogP contribution in [0.5, 0.6) is 0 Å². The van der Waals surface area contributed by atoms with E-state index in [1.54, 1.807) is 0 Å². The molecular weight excluding hydrogens is 246 g/mol. The number of rotatable bonds is 2. The van der Waals surface area contributed by atoms with E-state index in [-0.39, 0.29) is 5.92 Å². The van der Waals surface area contributed by atoms with Gasteiger partial charge in [-0.1, -0.05) is 12.1 Å². The molecule has 3 rings (SSSR count). The molecule has 3 nitrogen and oxygen atoms in total. The average molecular weight is 269 g/mol. The van der Waals surface area contributed by atoms with Crippen LogP contribution in [0.15, 0.2) is 24.3 Å². The fourth-order valence-electron chi connectivity index (χ4n) is 3.54. The van der Waals surface area contributed by atoms with Crippen LogP contribution in [0.3, 0.4) is 0 Å². The number of aryl methyl sites for hydroxylation is 1. The molecule has 0 spiro atoms. The maximum Gasteiger partial charge on any atom is 0.0669 e. The molecule has 106 valence electrons. The maximum absolute atomic E-state index is 9.01. The lowest BCUT2D eigenvalue weighted by Crippen LogP contribution is -2.44. The molecule has 0 N–H and O–H groups in total. The molecule has 3 heteroatoms. The van der Waals surface area contributed by atoms with Gasteiger partial charge in [0.2, 0.25) is 0 Å². The minimum absolute atomic E-state index is 0.268. The van der Waals surface area contributed by atoms with E-state index < -0.39 is 0 Å². The molecule has 0 radical (unpaired) electrons. The summed E-state index contributed by atoms with van der Waals surface area (Å²) in [6.07, 6.45) is 3.52. The van der Waals surface area contributed by atoms with E-state index >= 15 is 0 Å². The van der Waals surface area contributed by atoms with Crippen LogP contribution >= 0.6 is 0 Å². The molecular formula is C17H23N3. The molecule has 1 aromatic carbocycles. The van der Waals surface area contributed by atoms with Crippen molar-refractivity contribution in [3.05, 3.63) is 29.8 Å². The summed E-state index contributed by atoms with van der Waals surface area (Å²) >= 11 is 0. The molecule has 0 aromatic heterocycles. The first-order chi connectivity index (χ1) is 9.76. The number of piperidine rings is 1. The van der Waals surface area contributed by atoms with E-state index in [9.17, 15) is 0 Å². The summed E-state index contributed by atoms with van der Waals surface area (Å²) in [5, 5.41) is 9.01. The molecule has 0 saturated carbocycles. The predicted molar refractivity (Wildman–Crippen MR) is 81.7 cm³/mol. The zero-order chi connectivity index (χ0) is 13.9. The molecule has 0 bridgehead atoms. The first-order valence-electron chi connectivity index (χ1n) is 7.71. The number of hydrogen-bond donors (Lipinski definition) is 0. The van der Waals surface area contributed by atoms with E-state index in [0.717, 1.165) is 32.6 Å². The summed E-state index contributed by atoms with van der Waals surface area (Å²) < 4.78 is 0. The normalized spacial score (nSPS) is 24.8. The van der Waals surface area contributed by atoms with Gasteiger partial charge in [-0.05, 0) is 50.4 Å². The maximum atomic E-state index is 9.01. The highest BCUT2D eigenvalue weighted by Gasteiger charge is 2.30. The Hall–Kier alpha value is -1.53. The number of anilines is 1. The highest BCUT2D eigenvalue weighted by atomic mass is 15.2. The molecule has 0 amide bonds. The average Bonchev–Trinajstić information content (AvgIpc) is 2.96. The van der Waals surface area contributed by atoms with Crippen molar-refractivity contribution in [3.63, 3.8) is 0 Å². The number of likely N-dealkylation sites (tertiary alicyclic amines) is 1. The first-order valence-corrected chi connectivity index (χ1v) is 7.71. The van der Waals surface area contributed by atoms with Crippen molar-refractivity contribution >= 4 is 5.69 Å². The Kier molecular flexibility index (Phi) is 3.93. The second kappa shape index (κ2) is 5.85. The first kappa shape index (κ1) is 13.5. The highest BCUT2D eigenvalue weighted by molar-refractivity contribution is 5.48. The third-order valence-electron chi connectivity index (χ3n) is 4.75. The topological polar surface area (TPSA) is 30.3 Å². The Bertz CT molecular complexity index is 497. The van der Waals surface area contributed by atoms with Crippen LogP contribution in [0, 0.1) is 24.2 Å². The summed E-state index contributed by atoms with van der Waals surface area (Å²) in [5.41, 5.74) is 2.70. The minimum Gasteiger partial charge on any atom is -0.371 e. The lowest BCUT2D eigenvalue weighted by molar-refractivity contribution is 0.204. The lowest BCUT2D eigenvalue weighted by Gasteiger charge is -2.38. The fraction of sp³-hybridized carbons (Fsp3) is 0.588. The van der Waals surface area contributed by atoms with Crippen LogP contribution in [0.2, 0.25) is 0 Å². The van der Waals surface area contributed by atoms with E-state index in [4.69, 9.17) is 5.26 Å². The fourth-order valence-corrected chi connectivity index (χ4v) is 3.54. The number of nitriles is 1. The molecule has 2 fully saturated rings. The second-order valence-electron chi connectivity index (χ2n) is 6.17. The van der Waals surface area contributed by atoms with Gasteiger partial charge in [0, 0.05) is 31.4 Å². The third-order valence-corrected chi connectivity index (χ3v) is 4.75. The minimum atomic E-state index is 0.268. The van der Waals surface area contributed by atoms with Crippen LogP contribution < -0.4 is 4.90 Å². The molecule has 20 heavy (non-hydrogen) atoms. The van der Waals surface area contributed by atoms with Gasteiger partial charge >= 0.3 is 0 Å². The third kappa shape index (κ3) is 2.81. The van der Waals surface area contributed by atoms with Gasteiger partial charge in [0.05, 0.1) is 12.0 Å². The standard InChI is InChI=1S/C17H23N3/c1-14-3-2-4-17(11-14)19-9-6-16(7-10-19)20-8-5-15(12-18)13-20/h2-4,11,15-16H,5-10,13H2,1H3. The zero-order valence-electron chi connectivity index (χ0n) is 12.3. The summed E-state index contributed by atoms with van der Waals surface area (Å²) in [6, 6.07) is 11.9. The monoisotopic (exact) mass is 269 g/mol.